The van der Waals surface area contributed by atoms with Gasteiger partial charge in [-0.15, -0.1) is 0 Å². The summed E-state index contributed by atoms with van der Waals surface area (Å²) in [6.07, 6.45) is 0. The second-order valence-electron chi connectivity index (χ2n) is 4.32. The van der Waals surface area contributed by atoms with Crippen molar-refractivity contribution in [3.63, 3.8) is 0 Å². The van der Waals surface area contributed by atoms with Crippen LogP contribution in [0.25, 0.3) is 0 Å². The zero-order chi connectivity index (χ0) is 16.7. The third kappa shape index (κ3) is 4.25. The van der Waals surface area contributed by atoms with Crippen LogP contribution in [0.4, 0.5) is 4.79 Å². The summed E-state index contributed by atoms with van der Waals surface area (Å²) < 4.78 is 10.8. The Morgan fingerprint density at radius 1 is 1.22 bits per heavy atom. The highest BCUT2D eigenvalue weighted by Crippen LogP contribution is 2.18. The number of carbonyl (C=O) groups excluding carboxylic acids is 2. The van der Waals surface area contributed by atoms with Gasteiger partial charge < -0.3 is 14.5 Å². The number of hydrazine groups is 1. The molecule has 0 unspecified atom stereocenters. The van der Waals surface area contributed by atoms with Crippen molar-refractivity contribution in [2.24, 2.45) is 0 Å². The number of nitriles is 1. The minimum Gasteiger partial charge on any atom is -0.484 e. The standard InChI is InChI=1S/C15H14N4O4/c1-17-15(21)19-18-14(20)13-7-6-11(23-13)9-22-12-5-3-2-4-10(12)8-16/h2-7H,9H2,1H3,(H,18,20)(H2,17,19,21). The van der Waals surface area contributed by atoms with Gasteiger partial charge in [-0.25, -0.2) is 10.2 Å². The van der Waals surface area contributed by atoms with E-state index in [9.17, 15) is 9.59 Å². The Kier molecular flexibility index (Phi) is 5.20. The average Bonchev–Trinajstić information content (AvgIpc) is 3.06. The molecular formula is C15H14N4O4. The van der Waals surface area contributed by atoms with Gasteiger partial charge in [0, 0.05) is 7.05 Å². The van der Waals surface area contributed by atoms with E-state index in [1.54, 1.807) is 30.3 Å². The smallest absolute Gasteiger partial charge is 0.333 e. The predicted molar refractivity (Wildman–Crippen MR) is 79.3 cm³/mol. The predicted octanol–water partition coefficient (Wildman–Crippen LogP) is 1.30. The summed E-state index contributed by atoms with van der Waals surface area (Å²) in [5.74, 6) is 0.257. The number of nitrogens with zero attached hydrogens (tertiary/aromatic N) is 1. The van der Waals surface area contributed by atoms with Crippen LogP contribution in [-0.4, -0.2) is 19.0 Å². The molecule has 0 bridgehead atoms. The molecule has 0 aliphatic rings. The largest absolute Gasteiger partial charge is 0.484 e. The molecule has 2 rings (SSSR count). The van der Waals surface area contributed by atoms with E-state index in [1.807, 2.05) is 6.07 Å². The quantitative estimate of drug-likeness (QED) is 0.736. The third-order valence-corrected chi connectivity index (χ3v) is 2.78. The maximum absolute atomic E-state index is 11.7. The second-order valence-corrected chi connectivity index (χ2v) is 4.32. The number of rotatable bonds is 4. The monoisotopic (exact) mass is 314 g/mol. The molecule has 23 heavy (non-hydrogen) atoms. The van der Waals surface area contributed by atoms with Crippen molar-refractivity contribution in [3.8, 4) is 11.8 Å². The molecule has 0 radical (unpaired) electrons. The Hall–Kier alpha value is -3.47. The van der Waals surface area contributed by atoms with Crippen LogP contribution in [-0.2, 0) is 6.61 Å². The van der Waals surface area contributed by atoms with E-state index in [4.69, 9.17) is 14.4 Å². The van der Waals surface area contributed by atoms with Crippen molar-refractivity contribution in [2.75, 3.05) is 7.05 Å². The number of furan rings is 1. The summed E-state index contributed by atoms with van der Waals surface area (Å²) in [5.41, 5.74) is 4.72. The van der Waals surface area contributed by atoms with E-state index in [1.165, 1.54) is 13.1 Å². The van der Waals surface area contributed by atoms with E-state index in [2.05, 4.69) is 16.2 Å². The molecule has 3 amide bonds. The Labute approximate surface area is 132 Å². The number of ether oxygens (including phenoxy) is 1. The number of amides is 3. The highest BCUT2D eigenvalue weighted by Gasteiger charge is 2.12. The van der Waals surface area contributed by atoms with Crippen LogP contribution in [0.3, 0.4) is 0 Å². The number of hydrogen-bond acceptors (Lipinski definition) is 5. The topological polar surface area (TPSA) is 116 Å². The number of para-hydroxylation sites is 1. The van der Waals surface area contributed by atoms with Crippen molar-refractivity contribution >= 4 is 11.9 Å². The number of hydrogen-bond donors (Lipinski definition) is 3. The van der Waals surface area contributed by atoms with Crippen LogP contribution >= 0.6 is 0 Å². The van der Waals surface area contributed by atoms with Crippen LogP contribution in [0.2, 0.25) is 0 Å². The summed E-state index contributed by atoms with van der Waals surface area (Å²) in [4.78, 5) is 22.7. The molecule has 1 heterocycles. The summed E-state index contributed by atoms with van der Waals surface area (Å²) in [5, 5.41) is 11.3. The lowest BCUT2D eigenvalue weighted by atomic mass is 10.2. The summed E-state index contributed by atoms with van der Waals surface area (Å²) in [6.45, 7) is 0.0643. The number of urea groups is 1. The summed E-state index contributed by atoms with van der Waals surface area (Å²) in [6, 6.07) is 11.3. The molecule has 1 aromatic carbocycles. The molecule has 2 aromatic rings. The number of carbonyl (C=O) groups is 2. The summed E-state index contributed by atoms with van der Waals surface area (Å²) >= 11 is 0. The maximum Gasteiger partial charge on any atom is 0.333 e. The van der Waals surface area contributed by atoms with Crippen LogP contribution in [0.15, 0.2) is 40.8 Å². The van der Waals surface area contributed by atoms with Crippen LogP contribution in [0.5, 0.6) is 5.75 Å². The minimum atomic E-state index is -0.600. The maximum atomic E-state index is 11.7. The first kappa shape index (κ1) is 15.9. The van der Waals surface area contributed by atoms with E-state index >= 15 is 0 Å². The molecule has 118 valence electrons. The minimum absolute atomic E-state index is 0.0218. The zero-order valence-electron chi connectivity index (χ0n) is 12.3. The highest BCUT2D eigenvalue weighted by molar-refractivity contribution is 5.92. The van der Waals surface area contributed by atoms with E-state index in [-0.39, 0.29) is 12.4 Å². The molecule has 1 aromatic heterocycles. The van der Waals surface area contributed by atoms with Gasteiger partial charge in [-0.1, -0.05) is 12.1 Å². The molecule has 8 nitrogen and oxygen atoms in total. The SMILES string of the molecule is CNC(=O)NNC(=O)c1ccc(COc2ccccc2C#N)o1. The Morgan fingerprint density at radius 3 is 2.74 bits per heavy atom. The van der Waals surface area contributed by atoms with Gasteiger partial charge in [0.25, 0.3) is 0 Å². The van der Waals surface area contributed by atoms with Gasteiger partial charge in [0.1, 0.15) is 24.2 Å². The summed E-state index contributed by atoms with van der Waals surface area (Å²) in [7, 11) is 1.42. The van der Waals surface area contributed by atoms with Crippen molar-refractivity contribution < 1.29 is 18.7 Å². The molecule has 0 fully saturated rings. The molecular weight excluding hydrogens is 300 g/mol. The molecule has 0 atom stereocenters. The first-order valence-electron chi connectivity index (χ1n) is 6.62. The van der Waals surface area contributed by atoms with Crippen molar-refractivity contribution in [1.82, 2.24) is 16.2 Å². The normalized spacial score (nSPS) is 9.57. The lowest BCUT2D eigenvalue weighted by Crippen LogP contribution is -2.45. The van der Waals surface area contributed by atoms with E-state index < -0.39 is 11.9 Å². The van der Waals surface area contributed by atoms with E-state index in [0.717, 1.165) is 0 Å². The van der Waals surface area contributed by atoms with Crippen LogP contribution in [0, 0.1) is 11.3 Å². The van der Waals surface area contributed by atoms with Gasteiger partial charge in [0.05, 0.1) is 5.56 Å². The lowest BCUT2D eigenvalue weighted by Gasteiger charge is -2.06. The molecule has 0 spiro atoms. The first-order valence-corrected chi connectivity index (χ1v) is 6.62. The number of benzene rings is 1. The molecule has 8 heteroatoms. The zero-order valence-corrected chi connectivity index (χ0v) is 12.3. The van der Waals surface area contributed by atoms with Gasteiger partial charge >= 0.3 is 11.9 Å². The van der Waals surface area contributed by atoms with Crippen molar-refractivity contribution in [3.05, 3.63) is 53.5 Å². The van der Waals surface area contributed by atoms with Crippen LogP contribution in [0.1, 0.15) is 21.9 Å². The van der Waals surface area contributed by atoms with Gasteiger partial charge in [0.15, 0.2) is 5.76 Å². The van der Waals surface area contributed by atoms with Gasteiger partial charge in [-0.05, 0) is 24.3 Å². The van der Waals surface area contributed by atoms with E-state index in [0.29, 0.717) is 17.1 Å². The van der Waals surface area contributed by atoms with Crippen molar-refractivity contribution in [2.45, 2.75) is 6.61 Å². The lowest BCUT2D eigenvalue weighted by molar-refractivity contribution is 0.0904. The first-order chi connectivity index (χ1) is 11.1. The number of nitrogens with one attached hydrogen (secondary N) is 3. The third-order valence-electron chi connectivity index (χ3n) is 2.78. The van der Waals surface area contributed by atoms with Crippen molar-refractivity contribution in [1.29, 1.82) is 5.26 Å². The molecule has 3 N–H and O–H groups in total. The second kappa shape index (κ2) is 7.51. The van der Waals surface area contributed by atoms with Gasteiger partial charge in [-0.2, -0.15) is 5.26 Å². The fourth-order valence-electron chi connectivity index (χ4n) is 1.65. The fraction of sp³-hybridized carbons (Fsp3) is 0.133. The Bertz CT molecular complexity index is 748. The Morgan fingerprint density at radius 2 is 2.00 bits per heavy atom. The molecule has 0 saturated carbocycles. The van der Waals surface area contributed by atoms with Gasteiger partial charge in [-0.3, -0.25) is 10.2 Å². The van der Waals surface area contributed by atoms with Crippen LogP contribution < -0.4 is 20.9 Å². The highest BCUT2D eigenvalue weighted by atomic mass is 16.5. The Balaban J connectivity index is 1.93. The fourth-order valence-corrected chi connectivity index (χ4v) is 1.65. The molecule has 0 saturated heterocycles. The molecule has 0 aliphatic carbocycles. The average molecular weight is 314 g/mol. The van der Waals surface area contributed by atoms with Gasteiger partial charge in [0.2, 0.25) is 0 Å². The molecule has 0 aliphatic heterocycles.